The topological polar surface area (TPSA) is 101 Å². The van der Waals surface area contributed by atoms with E-state index < -0.39 is 12.0 Å². The van der Waals surface area contributed by atoms with Crippen molar-refractivity contribution in [1.29, 1.82) is 0 Å². The number of hydrogen-bond acceptors (Lipinski definition) is 5. The number of primary amides is 1. The van der Waals surface area contributed by atoms with E-state index >= 15 is 0 Å². The van der Waals surface area contributed by atoms with Crippen molar-refractivity contribution in [2.45, 2.75) is 12.6 Å². The lowest BCUT2D eigenvalue weighted by Crippen LogP contribution is -2.37. The fourth-order valence-corrected chi connectivity index (χ4v) is 0.875. The van der Waals surface area contributed by atoms with E-state index in [4.69, 9.17) is 10.8 Å². The molecule has 1 atom stereocenters. The number of amides is 1. The number of carbonyl (C=O) groups excluding carboxylic acids is 1. The Morgan fingerprint density at radius 1 is 1.57 bits per heavy atom. The van der Waals surface area contributed by atoms with Gasteiger partial charge in [-0.3, -0.25) is 4.79 Å². The number of aliphatic hydroxyl groups excluding tert-OH is 1. The predicted octanol–water partition coefficient (Wildman–Crippen LogP) is -1.59. The van der Waals surface area contributed by atoms with Crippen molar-refractivity contribution < 1.29 is 9.90 Å². The first kappa shape index (κ1) is 10.6. The molecule has 1 aromatic heterocycles. The summed E-state index contributed by atoms with van der Waals surface area (Å²) in [7, 11) is 0. The fourth-order valence-electron chi connectivity index (χ4n) is 0.875. The van der Waals surface area contributed by atoms with Crippen molar-refractivity contribution in [1.82, 2.24) is 15.3 Å². The molecule has 0 spiro atoms. The first-order valence-electron chi connectivity index (χ1n) is 4.12. The van der Waals surface area contributed by atoms with Crippen LogP contribution in [0.4, 0.5) is 0 Å². The third-order valence-electron chi connectivity index (χ3n) is 1.61. The van der Waals surface area contributed by atoms with Gasteiger partial charge in [0, 0.05) is 31.0 Å². The van der Waals surface area contributed by atoms with Gasteiger partial charge in [0.1, 0.15) is 12.4 Å². The van der Waals surface area contributed by atoms with Crippen molar-refractivity contribution in [2.75, 3.05) is 6.54 Å². The molecule has 6 nitrogen and oxygen atoms in total. The van der Waals surface area contributed by atoms with Gasteiger partial charge in [0.25, 0.3) is 0 Å². The summed E-state index contributed by atoms with van der Waals surface area (Å²) in [4.78, 5) is 18.1. The molecule has 14 heavy (non-hydrogen) atoms. The molecule has 0 aromatic carbocycles. The van der Waals surface area contributed by atoms with E-state index in [2.05, 4.69) is 15.3 Å². The summed E-state index contributed by atoms with van der Waals surface area (Å²) in [5.74, 6) is -0.734. The zero-order valence-electron chi connectivity index (χ0n) is 7.55. The van der Waals surface area contributed by atoms with Gasteiger partial charge in [-0.15, -0.1) is 0 Å². The zero-order chi connectivity index (χ0) is 10.4. The van der Waals surface area contributed by atoms with Crippen molar-refractivity contribution >= 4 is 5.91 Å². The molecule has 0 fully saturated rings. The molecule has 0 aliphatic heterocycles. The Kier molecular flexibility index (Phi) is 3.96. The maximum absolute atomic E-state index is 10.4. The van der Waals surface area contributed by atoms with Crippen LogP contribution in [0.15, 0.2) is 18.7 Å². The molecule has 0 radical (unpaired) electrons. The van der Waals surface area contributed by atoms with E-state index in [0.717, 1.165) is 5.56 Å². The summed E-state index contributed by atoms with van der Waals surface area (Å²) in [6, 6.07) is 0. The normalized spacial score (nSPS) is 12.4. The molecular formula is C8H12N4O2. The third kappa shape index (κ3) is 3.46. The van der Waals surface area contributed by atoms with Crippen LogP contribution < -0.4 is 11.1 Å². The molecule has 0 saturated heterocycles. The average molecular weight is 196 g/mol. The zero-order valence-corrected chi connectivity index (χ0v) is 7.55. The summed E-state index contributed by atoms with van der Waals surface area (Å²) in [6.45, 7) is 0.620. The van der Waals surface area contributed by atoms with Gasteiger partial charge in [-0.1, -0.05) is 0 Å². The number of nitrogens with two attached hydrogens (primary N) is 1. The Hall–Kier alpha value is -1.53. The van der Waals surface area contributed by atoms with E-state index in [-0.39, 0.29) is 6.54 Å². The van der Waals surface area contributed by atoms with Gasteiger partial charge in [-0.25, -0.2) is 9.97 Å². The smallest absolute Gasteiger partial charge is 0.247 e. The standard InChI is InChI=1S/C8H12N4O2/c9-8(14)7(13)4-10-1-6-2-11-5-12-3-6/h2-3,5,7,10,13H,1,4H2,(H2,9,14). The van der Waals surface area contributed by atoms with E-state index in [1.807, 2.05) is 0 Å². The lowest BCUT2D eigenvalue weighted by atomic mass is 10.3. The second-order valence-electron chi connectivity index (χ2n) is 2.80. The van der Waals surface area contributed by atoms with Gasteiger partial charge >= 0.3 is 0 Å². The summed E-state index contributed by atoms with van der Waals surface area (Å²) in [5.41, 5.74) is 5.74. The maximum atomic E-state index is 10.4. The second-order valence-corrected chi connectivity index (χ2v) is 2.80. The molecule has 0 saturated carbocycles. The number of nitrogens with one attached hydrogen (secondary N) is 1. The Morgan fingerprint density at radius 3 is 2.79 bits per heavy atom. The molecule has 1 heterocycles. The predicted molar refractivity (Wildman–Crippen MR) is 48.9 cm³/mol. The average Bonchev–Trinajstić information content (AvgIpc) is 2.19. The highest BCUT2D eigenvalue weighted by atomic mass is 16.3. The molecule has 1 unspecified atom stereocenters. The quantitative estimate of drug-likeness (QED) is 0.527. The molecule has 1 amide bonds. The van der Waals surface area contributed by atoms with Gasteiger partial charge < -0.3 is 16.2 Å². The minimum absolute atomic E-state index is 0.129. The van der Waals surface area contributed by atoms with Gasteiger partial charge in [-0.05, 0) is 0 Å². The third-order valence-corrected chi connectivity index (χ3v) is 1.61. The van der Waals surface area contributed by atoms with Crippen molar-refractivity contribution in [3.05, 3.63) is 24.3 Å². The molecule has 0 aliphatic carbocycles. The van der Waals surface area contributed by atoms with Crippen LogP contribution in [-0.2, 0) is 11.3 Å². The lowest BCUT2D eigenvalue weighted by molar-refractivity contribution is -0.125. The summed E-state index contributed by atoms with van der Waals surface area (Å²) < 4.78 is 0. The van der Waals surface area contributed by atoms with Crippen LogP contribution in [0, 0.1) is 0 Å². The number of hydrogen-bond donors (Lipinski definition) is 3. The number of rotatable bonds is 5. The van der Waals surface area contributed by atoms with Crippen LogP contribution in [0.5, 0.6) is 0 Å². The Morgan fingerprint density at radius 2 is 2.21 bits per heavy atom. The molecular weight excluding hydrogens is 184 g/mol. The monoisotopic (exact) mass is 196 g/mol. The van der Waals surface area contributed by atoms with Crippen LogP contribution >= 0.6 is 0 Å². The Balaban J connectivity index is 2.26. The molecule has 1 aromatic rings. The van der Waals surface area contributed by atoms with Crippen molar-refractivity contribution in [3.8, 4) is 0 Å². The van der Waals surface area contributed by atoms with Crippen LogP contribution in [0.1, 0.15) is 5.56 Å². The highest BCUT2D eigenvalue weighted by Gasteiger charge is 2.09. The Bertz CT molecular complexity index is 291. The number of carbonyl (C=O) groups is 1. The minimum Gasteiger partial charge on any atom is -0.382 e. The largest absolute Gasteiger partial charge is 0.382 e. The van der Waals surface area contributed by atoms with E-state index in [0.29, 0.717) is 6.54 Å². The fraction of sp³-hybridized carbons (Fsp3) is 0.375. The van der Waals surface area contributed by atoms with Gasteiger partial charge in [-0.2, -0.15) is 0 Å². The molecule has 1 rings (SSSR count). The summed E-state index contributed by atoms with van der Waals surface area (Å²) >= 11 is 0. The van der Waals surface area contributed by atoms with Crippen LogP contribution in [-0.4, -0.2) is 33.6 Å². The molecule has 76 valence electrons. The SMILES string of the molecule is NC(=O)C(O)CNCc1cncnc1. The molecule has 6 heteroatoms. The van der Waals surface area contributed by atoms with Gasteiger partial charge in [0.15, 0.2) is 0 Å². The highest BCUT2D eigenvalue weighted by molar-refractivity contribution is 5.78. The highest BCUT2D eigenvalue weighted by Crippen LogP contribution is 1.91. The first-order valence-corrected chi connectivity index (χ1v) is 4.12. The maximum Gasteiger partial charge on any atom is 0.247 e. The van der Waals surface area contributed by atoms with Crippen LogP contribution in [0.2, 0.25) is 0 Å². The summed E-state index contributed by atoms with van der Waals surface area (Å²) in [6.07, 6.45) is 3.58. The first-order chi connectivity index (χ1) is 6.70. The number of nitrogens with zero attached hydrogens (tertiary/aromatic N) is 2. The number of aliphatic hydroxyl groups is 1. The molecule has 0 aliphatic rings. The molecule has 4 N–H and O–H groups in total. The van der Waals surface area contributed by atoms with Crippen LogP contribution in [0.25, 0.3) is 0 Å². The van der Waals surface area contributed by atoms with Crippen LogP contribution in [0.3, 0.4) is 0 Å². The van der Waals surface area contributed by atoms with Gasteiger partial charge in [0.05, 0.1) is 0 Å². The van der Waals surface area contributed by atoms with Crippen molar-refractivity contribution in [3.63, 3.8) is 0 Å². The van der Waals surface area contributed by atoms with Crippen molar-refractivity contribution in [2.24, 2.45) is 5.73 Å². The second kappa shape index (κ2) is 5.25. The molecule has 0 bridgehead atoms. The number of aromatic nitrogens is 2. The Labute approximate surface area is 81.2 Å². The van der Waals surface area contributed by atoms with E-state index in [1.54, 1.807) is 12.4 Å². The van der Waals surface area contributed by atoms with E-state index in [1.165, 1.54) is 6.33 Å². The minimum atomic E-state index is -1.15. The van der Waals surface area contributed by atoms with Gasteiger partial charge in [0.2, 0.25) is 5.91 Å². The summed E-state index contributed by atoms with van der Waals surface area (Å²) in [5, 5.41) is 11.9. The van der Waals surface area contributed by atoms with E-state index in [9.17, 15) is 4.79 Å². The lowest BCUT2D eigenvalue weighted by Gasteiger charge is -2.07.